The summed E-state index contributed by atoms with van der Waals surface area (Å²) in [6, 6.07) is 9.94. The highest BCUT2D eigenvalue weighted by atomic mass is 15.4. The molecule has 6 nitrogen and oxygen atoms in total. The zero-order chi connectivity index (χ0) is 14.9. The van der Waals surface area contributed by atoms with E-state index in [1.165, 1.54) is 6.33 Å². The molecule has 2 heterocycles. The van der Waals surface area contributed by atoms with Crippen molar-refractivity contribution in [2.75, 3.05) is 5.32 Å². The molecule has 21 heavy (non-hydrogen) atoms. The van der Waals surface area contributed by atoms with Crippen LogP contribution in [-0.2, 0) is 5.41 Å². The van der Waals surface area contributed by atoms with Crippen molar-refractivity contribution in [1.29, 1.82) is 0 Å². The highest BCUT2D eigenvalue weighted by Crippen LogP contribution is 2.32. The fourth-order valence-corrected chi connectivity index (χ4v) is 2.15. The van der Waals surface area contributed by atoms with Crippen LogP contribution in [0, 0.1) is 0 Å². The van der Waals surface area contributed by atoms with E-state index in [1.807, 2.05) is 30.3 Å². The number of benzene rings is 1. The van der Waals surface area contributed by atoms with Gasteiger partial charge in [-0.25, -0.2) is 9.67 Å². The molecule has 3 aromatic rings. The monoisotopic (exact) mass is 282 g/mol. The molecule has 1 aromatic carbocycles. The van der Waals surface area contributed by atoms with Crippen molar-refractivity contribution in [2.24, 2.45) is 0 Å². The molecule has 2 aromatic heterocycles. The van der Waals surface area contributed by atoms with Gasteiger partial charge in [-0.3, -0.25) is 5.10 Å². The number of aromatic nitrogens is 5. The van der Waals surface area contributed by atoms with Crippen molar-refractivity contribution >= 4 is 11.5 Å². The third-order valence-corrected chi connectivity index (χ3v) is 3.17. The van der Waals surface area contributed by atoms with Gasteiger partial charge in [0.15, 0.2) is 5.82 Å². The molecule has 2 N–H and O–H groups in total. The highest BCUT2D eigenvalue weighted by Gasteiger charge is 2.25. The predicted molar refractivity (Wildman–Crippen MR) is 81.9 cm³/mol. The summed E-state index contributed by atoms with van der Waals surface area (Å²) in [5.74, 6) is 0.733. The SMILES string of the molecule is CC(C)(C)c1[nH]nc(Nc2ccccc2)c1-n1cncn1. The molecule has 0 radical (unpaired) electrons. The maximum Gasteiger partial charge on any atom is 0.178 e. The number of rotatable bonds is 3. The van der Waals surface area contributed by atoms with Crippen molar-refractivity contribution < 1.29 is 0 Å². The van der Waals surface area contributed by atoms with Crippen LogP contribution in [0.5, 0.6) is 0 Å². The Balaban J connectivity index is 2.07. The number of H-pyrrole nitrogens is 1. The number of anilines is 2. The molecule has 0 fully saturated rings. The third-order valence-electron chi connectivity index (χ3n) is 3.17. The Kier molecular flexibility index (Phi) is 3.21. The average Bonchev–Trinajstić information content (AvgIpc) is 3.07. The van der Waals surface area contributed by atoms with Gasteiger partial charge in [-0.2, -0.15) is 10.2 Å². The zero-order valence-corrected chi connectivity index (χ0v) is 12.3. The van der Waals surface area contributed by atoms with Crippen LogP contribution in [0.15, 0.2) is 43.0 Å². The summed E-state index contributed by atoms with van der Waals surface area (Å²) in [6.45, 7) is 6.40. The first-order valence-corrected chi connectivity index (χ1v) is 6.81. The van der Waals surface area contributed by atoms with E-state index >= 15 is 0 Å². The molecule has 0 aliphatic carbocycles. The standard InChI is InChI=1S/C15H18N6/c1-15(2,3)13-12(21-10-16-9-17-21)14(20-19-13)18-11-7-5-4-6-8-11/h4-10H,1-3H3,(H2,18,19,20). The summed E-state index contributed by atoms with van der Waals surface area (Å²) in [4.78, 5) is 4.03. The second-order valence-electron chi connectivity index (χ2n) is 5.88. The van der Waals surface area contributed by atoms with Crippen LogP contribution in [-0.4, -0.2) is 25.0 Å². The lowest BCUT2D eigenvalue weighted by Gasteiger charge is -2.18. The number of nitrogens with zero attached hydrogens (tertiary/aromatic N) is 4. The van der Waals surface area contributed by atoms with Crippen LogP contribution in [0.1, 0.15) is 26.5 Å². The lowest BCUT2D eigenvalue weighted by molar-refractivity contribution is 0.561. The maximum atomic E-state index is 4.41. The molecule has 0 aliphatic rings. The first kappa shape index (κ1) is 13.4. The van der Waals surface area contributed by atoms with Gasteiger partial charge in [0.2, 0.25) is 0 Å². The Morgan fingerprint density at radius 2 is 1.90 bits per heavy atom. The number of nitrogens with one attached hydrogen (secondary N) is 2. The van der Waals surface area contributed by atoms with Gasteiger partial charge in [0, 0.05) is 11.1 Å². The van der Waals surface area contributed by atoms with Crippen LogP contribution in [0.25, 0.3) is 5.69 Å². The van der Waals surface area contributed by atoms with E-state index in [2.05, 4.69) is 46.4 Å². The van der Waals surface area contributed by atoms with Crippen LogP contribution in [0.4, 0.5) is 11.5 Å². The van der Waals surface area contributed by atoms with Crippen LogP contribution >= 0.6 is 0 Å². The summed E-state index contributed by atoms with van der Waals surface area (Å²) in [6.07, 6.45) is 3.20. The number of aromatic amines is 1. The van der Waals surface area contributed by atoms with Crippen LogP contribution < -0.4 is 5.32 Å². The molecular weight excluding hydrogens is 264 g/mol. The van der Waals surface area contributed by atoms with E-state index in [0.717, 1.165) is 22.9 Å². The highest BCUT2D eigenvalue weighted by molar-refractivity contribution is 5.67. The van der Waals surface area contributed by atoms with Gasteiger partial charge in [-0.15, -0.1) is 0 Å². The van der Waals surface area contributed by atoms with Gasteiger partial charge < -0.3 is 5.32 Å². The minimum atomic E-state index is -0.0785. The Labute approximate surface area is 123 Å². The number of hydrogen-bond acceptors (Lipinski definition) is 4. The normalized spacial score (nSPS) is 11.6. The Morgan fingerprint density at radius 1 is 1.14 bits per heavy atom. The molecule has 0 unspecified atom stereocenters. The first-order valence-electron chi connectivity index (χ1n) is 6.81. The van der Waals surface area contributed by atoms with Crippen LogP contribution in [0.2, 0.25) is 0 Å². The molecule has 0 saturated carbocycles. The van der Waals surface area contributed by atoms with Crippen molar-refractivity contribution in [3.63, 3.8) is 0 Å². The van der Waals surface area contributed by atoms with E-state index in [-0.39, 0.29) is 5.41 Å². The third kappa shape index (κ3) is 2.65. The van der Waals surface area contributed by atoms with E-state index < -0.39 is 0 Å². The molecule has 0 aliphatic heterocycles. The molecule has 0 atom stereocenters. The fraction of sp³-hybridized carbons (Fsp3) is 0.267. The first-order chi connectivity index (χ1) is 10.1. The lowest BCUT2D eigenvalue weighted by Crippen LogP contribution is -2.15. The van der Waals surface area contributed by atoms with E-state index in [0.29, 0.717) is 0 Å². The molecule has 0 spiro atoms. The van der Waals surface area contributed by atoms with E-state index in [1.54, 1.807) is 11.0 Å². The van der Waals surface area contributed by atoms with Gasteiger partial charge >= 0.3 is 0 Å². The second kappa shape index (κ2) is 5.05. The van der Waals surface area contributed by atoms with E-state index in [4.69, 9.17) is 0 Å². The van der Waals surface area contributed by atoms with Gasteiger partial charge in [0.1, 0.15) is 18.3 Å². The lowest BCUT2D eigenvalue weighted by atomic mass is 9.91. The summed E-state index contributed by atoms with van der Waals surface area (Å²) < 4.78 is 1.73. The van der Waals surface area contributed by atoms with Gasteiger partial charge in [-0.05, 0) is 12.1 Å². The summed E-state index contributed by atoms with van der Waals surface area (Å²) in [5.41, 5.74) is 2.80. The summed E-state index contributed by atoms with van der Waals surface area (Å²) >= 11 is 0. The fourth-order valence-electron chi connectivity index (χ4n) is 2.15. The number of para-hydroxylation sites is 1. The second-order valence-corrected chi connectivity index (χ2v) is 5.88. The molecule has 0 saturated heterocycles. The van der Waals surface area contributed by atoms with E-state index in [9.17, 15) is 0 Å². The minimum Gasteiger partial charge on any atom is -0.337 e. The molecule has 108 valence electrons. The van der Waals surface area contributed by atoms with Crippen LogP contribution in [0.3, 0.4) is 0 Å². The molecule has 6 heteroatoms. The van der Waals surface area contributed by atoms with Gasteiger partial charge in [0.05, 0.1) is 5.69 Å². The van der Waals surface area contributed by atoms with Crippen molar-refractivity contribution in [1.82, 2.24) is 25.0 Å². The molecule has 0 amide bonds. The zero-order valence-electron chi connectivity index (χ0n) is 12.3. The average molecular weight is 282 g/mol. The number of hydrogen-bond donors (Lipinski definition) is 2. The smallest absolute Gasteiger partial charge is 0.178 e. The Morgan fingerprint density at radius 3 is 2.52 bits per heavy atom. The Hall–Kier alpha value is -2.63. The van der Waals surface area contributed by atoms with Gasteiger partial charge in [-0.1, -0.05) is 39.0 Å². The molecule has 0 bridgehead atoms. The topological polar surface area (TPSA) is 71.4 Å². The predicted octanol–water partition coefficient (Wildman–Crippen LogP) is 3.03. The largest absolute Gasteiger partial charge is 0.337 e. The molecule has 3 rings (SSSR count). The van der Waals surface area contributed by atoms with Crippen molar-refractivity contribution in [3.05, 3.63) is 48.7 Å². The van der Waals surface area contributed by atoms with Gasteiger partial charge in [0.25, 0.3) is 0 Å². The quantitative estimate of drug-likeness (QED) is 0.774. The Bertz CT molecular complexity index is 706. The molecular formula is C15H18N6. The summed E-state index contributed by atoms with van der Waals surface area (Å²) in [5, 5.41) is 15.1. The van der Waals surface area contributed by atoms with Crippen molar-refractivity contribution in [3.8, 4) is 5.69 Å². The maximum absolute atomic E-state index is 4.41. The van der Waals surface area contributed by atoms with Crippen molar-refractivity contribution in [2.45, 2.75) is 26.2 Å². The summed E-state index contributed by atoms with van der Waals surface area (Å²) in [7, 11) is 0. The minimum absolute atomic E-state index is 0.0785.